The lowest BCUT2D eigenvalue weighted by atomic mass is 10.1. The van der Waals surface area contributed by atoms with E-state index in [0.29, 0.717) is 0 Å². The van der Waals surface area contributed by atoms with Crippen LogP contribution in [0.4, 0.5) is 0 Å². The maximum Gasteiger partial charge on any atom is 0.0548 e. The third kappa shape index (κ3) is 2.23. The van der Waals surface area contributed by atoms with Gasteiger partial charge in [0.2, 0.25) is 0 Å². The number of fused-ring (bicyclic) bond motifs is 6. The smallest absolute Gasteiger partial charge is 0.0548 e. The molecule has 0 spiro atoms. The molecule has 0 saturated heterocycles. The minimum atomic E-state index is 1.23. The zero-order valence-corrected chi connectivity index (χ0v) is 16.9. The Morgan fingerprint density at radius 3 is 1.79 bits per heavy atom. The van der Waals surface area contributed by atoms with Crippen LogP contribution in [0.15, 0.2) is 78.9 Å². The molecule has 2 heterocycles. The molecular formula is C27H22N2. The molecule has 0 aliphatic heterocycles. The van der Waals surface area contributed by atoms with Crippen LogP contribution in [0.1, 0.15) is 11.1 Å². The van der Waals surface area contributed by atoms with Gasteiger partial charge in [-0.3, -0.25) is 0 Å². The number of benzene rings is 4. The van der Waals surface area contributed by atoms with Crippen molar-refractivity contribution in [2.45, 2.75) is 13.8 Å². The van der Waals surface area contributed by atoms with Crippen molar-refractivity contribution in [1.29, 1.82) is 0 Å². The first kappa shape index (κ1) is 16.4. The van der Waals surface area contributed by atoms with E-state index in [2.05, 4.69) is 109 Å². The van der Waals surface area contributed by atoms with Gasteiger partial charge in [-0.2, -0.15) is 0 Å². The van der Waals surface area contributed by atoms with E-state index in [4.69, 9.17) is 0 Å². The second kappa shape index (κ2) is 5.74. The van der Waals surface area contributed by atoms with Gasteiger partial charge in [0.05, 0.1) is 11.0 Å². The SMILES string of the molecule is Cc1cc(C)cc(-n2c3ccccc3c3cc4c(cc32)c2ccccc2n4C)c1. The molecule has 0 aliphatic carbocycles. The molecule has 0 radical (unpaired) electrons. The molecule has 0 saturated carbocycles. The van der Waals surface area contributed by atoms with Crippen molar-refractivity contribution in [1.82, 2.24) is 9.13 Å². The fourth-order valence-corrected chi connectivity index (χ4v) is 4.98. The molecule has 0 atom stereocenters. The molecule has 0 aliphatic rings. The van der Waals surface area contributed by atoms with Crippen LogP contribution in [0, 0.1) is 13.8 Å². The van der Waals surface area contributed by atoms with E-state index < -0.39 is 0 Å². The Kier molecular flexibility index (Phi) is 3.25. The van der Waals surface area contributed by atoms with Gasteiger partial charge in [0, 0.05) is 45.3 Å². The molecule has 0 bridgehead atoms. The van der Waals surface area contributed by atoms with Crippen LogP contribution in [-0.4, -0.2) is 9.13 Å². The molecular weight excluding hydrogens is 352 g/mol. The average molecular weight is 374 g/mol. The van der Waals surface area contributed by atoms with Crippen LogP contribution in [0.3, 0.4) is 0 Å². The minimum absolute atomic E-state index is 1.23. The Morgan fingerprint density at radius 2 is 1.07 bits per heavy atom. The van der Waals surface area contributed by atoms with E-state index in [1.54, 1.807) is 0 Å². The van der Waals surface area contributed by atoms with Crippen LogP contribution in [0.2, 0.25) is 0 Å². The van der Waals surface area contributed by atoms with Crippen molar-refractivity contribution in [2.24, 2.45) is 7.05 Å². The highest BCUT2D eigenvalue weighted by Gasteiger charge is 2.16. The van der Waals surface area contributed by atoms with Gasteiger partial charge in [-0.25, -0.2) is 0 Å². The van der Waals surface area contributed by atoms with Gasteiger partial charge in [0.1, 0.15) is 0 Å². The summed E-state index contributed by atoms with van der Waals surface area (Å²) in [5, 5.41) is 5.22. The summed E-state index contributed by atoms with van der Waals surface area (Å²) in [6.07, 6.45) is 0. The molecule has 4 aromatic carbocycles. The normalized spacial score (nSPS) is 12.0. The minimum Gasteiger partial charge on any atom is -0.344 e. The third-order valence-electron chi connectivity index (χ3n) is 6.17. The predicted molar refractivity (Wildman–Crippen MR) is 124 cm³/mol. The Hall–Kier alpha value is -3.52. The Morgan fingerprint density at radius 1 is 0.517 bits per heavy atom. The van der Waals surface area contributed by atoms with Gasteiger partial charge < -0.3 is 9.13 Å². The number of para-hydroxylation sites is 2. The molecule has 140 valence electrons. The third-order valence-corrected chi connectivity index (χ3v) is 6.17. The van der Waals surface area contributed by atoms with E-state index in [-0.39, 0.29) is 0 Å². The van der Waals surface area contributed by atoms with Crippen LogP contribution < -0.4 is 0 Å². The maximum atomic E-state index is 2.42. The van der Waals surface area contributed by atoms with Crippen LogP contribution in [0.5, 0.6) is 0 Å². The van der Waals surface area contributed by atoms with Gasteiger partial charge in [-0.1, -0.05) is 42.5 Å². The summed E-state index contributed by atoms with van der Waals surface area (Å²) in [7, 11) is 2.17. The van der Waals surface area contributed by atoms with Crippen molar-refractivity contribution < 1.29 is 0 Å². The highest BCUT2D eigenvalue weighted by Crippen LogP contribution is 2.38. The summed E-state index contributed by atoms with van der Waals surface area (Å²) in [6, 6.07) is 29.0. The largest absolute Gasteiger partial charge is 0.344 e. The average Bonchev–Trinajstić information content (AvgIpc) is 3.19. The molecule has 6 rings (SSSR count). The van der Waals surface area contributed by atoms with Gasteiger partial charge in [0.25, 0.3) is 0 Å². The standard InChI is InChI=1S/C27H22N2/c1-17-12-18(2)14-19(13-17)29-25-11-7-5-9-21(25)23-15-26-22(16-27(23)29)20-8-4-6-10-24(20)28(26)3/h4-16H,1-3H3. The van der Waals surface area contributed by atoms with Crippen molar-refractivity contribution in [3.05, 3.63) is 90.0 Å². The van der Waals surface area contributed by atoms with Gasteiger partial charge in [-0.15, -0.1) is 0 Å². The molecule has 29 heavy (non-hydrogen) atoms. The number of nitrogens with zero attached hydrogens (tertiary/aromatic N) is 2. The van der Waals surface area contributed by atoms with Crippen LogP contribution in [-0.2, 0) is 7.05 Å². The van der Waals surface area contributed by atoms with Crippen LogP contribution in [0.25, 0.3) is 49.3 Å². The fraction of sp³-hybridized carbons (Fsp3) is 0.111. The van der Waals surface area contributed by atoms with Crippen molar-refractivity contribution in [3.8, 4) is 5.69 Å². The molecule has 0 amide bonds. The molecule has 2 heteroatoms. The van der Waals surface area contributed by atoms with Gasteiger partial charge in [0.15, 0.2) is 0 Å². The topological polar surface area (TPSA) is 9.86 Å². The van der Waals surface area contributed by atoms with E-state index in [1.807, 2.05) is 0 Å². The van der Waals surface area contributed by atoms with E-state index in [0.717, 1.165) is 0 Å². The zero-order chi connectivity index (χ0) is 19.7. The molecule has 0 unspecified atom stereocenters. The summed E-state index contributed by atoms with van der Waals surface area (Å²) in [6.45, 7) is 4.35. The van der Waals surface area contributed by atoms with Gasteiger partial charge in [-0.05, 0) is 61.4 Å². The molecule has 6 aromatic rings. The molecule has 2 nitrogen and oxygen atoms in total. The van der Waals surface area contributed by atoms with Crippen molar-refractivity contribution in [2.75, 3.05) is 0 Å². The highest BCUT2D eigenvalue weighted by atomic mass is 15.0. The zero-order valence-electron chi connectivity index (χ0n) is 16.9. The summed E-state index contributed by atoms with van der Waals surface area (Å²) in [5.41, 5.74) is 8.88. The lowest BCUT2D eigenvalue weighted by molar-refractivity contribution is 1.02. The van der Waals surface area contributed by atoms with E-state index >= 15 is 0 Å². The Labute approximate surface area is 169 Å². The van der Waals surface area contributed by atoms with Gasteiger partial charge >= 0.3 is 0 Å². The van der Waals surface area contributed by atoms with E-state index in [9.17, 15) is 0 Å². The number of hydrogen-bond donors (Lipinski definition) is 0. The number of aromatic nitrogens is 2. The molecule has 0 fully saturated rings. The first-order valence-corrected chi connectivity index (χ1v) is 10.1. The predicted octanol–water partition coefficient (Wildman–Crippen LogP) is 7.05. The monoisotopic (exact) mass is 374 g/mol. The first-order chi connectivity index (χ1) is 14.1. The van der Waals surface area contributed by atoms with E-state index in [1.165, 1.54) is 60.4 Å². The van der Waals surface area contributed by atoms with Crippen molar-refractivity contribution in [3.63, 3.8) is 0 Å². The fourth-order valence-electron chi connectivity index (χ4n) is 4.98. The summed E-state index contributed by atoms with van der Waals surface area (Å²) in [5.74, 6) is 0. The van der Waals surface area contributed by atoms with Crippen molar-refractivity contribution >= 4 is 43.6 Å². The number of hydrogen-bond acceptors (Lipinski definition) is 0. The Bertz CT molecular complexity index is 1560. The maximum absolute atomic E-state index is 2.42. The van der Waals surface area contributed by atoms with Crippen LogP contribution >= 0.6 is 0 Å². The molecule has 2 aromatic heterocycles. The highest BCUT2D eigenvalue weighted by molar-refractivity contribution is 6.18. The lowest BCUT2D eigenvalue weighted by Crippen LogP contribution is -1.95. The first-order valence-electron chi connectivity index (χ1n) is 10.1. The summed E-state index contributed by atoms with van der Waals surface area (Å²) >= 11 is 0. The lowest BCUT2D eigenvalue weighted by Gasteiger charge is -2.10. The number of aryl methyl sites for hydroxylation is 3. The summed E-state index contributed by atoms with van der Waals surface area (Å²) in [4.78, 5) is 0. The summed E-state index contributed by atoms with van der Waals surface area (Å²) < 4.78 is 4.74. The quantitative estimate of drug-likeness (QED) is 0.292. The number of rotatable bonds is 1. The second-order valence-corrected chi connectivity index (χ2v) is 8.16. The second-order valence-electron chi connectivity index (χ2n) is 8.16. The molecule has 0 N–H and O–H groups in total. The Balaban J connectivity index is 1.85.